The molecule has 88 valence electrons. The van der Waals surface area contributed by atoms with Crippen LogP contribution in [0.25, 0.3) is 0 Å². The predicted octanol–water partition coefficient (Wildman–Crippen LogP) is -0.144. The van der Waals surface area contributed by atoms with Gasteiger partial charge in [0.05, 0.1) is 11.5 Å². The van der Waals surface area contributed by atoms with Gasteiger partial charge in [-0.25, -0.2) is 8.42 Å². The Balaban J connectivity index is 2.03. The van der Waals surface area contributed by atoms with Gasteiger partial charge in [-0.15, -0.1) is 0 Å². The molecule has 15 heavy (non-hydrogen) atoms. The molecule has 0 aliphatic carbocycles. The molecule has 3 unspecified atom stereocenters. The highest BCUT2D eigenvalue weighted by Gasteiger charge is 2.36. The number of sulfone groups is 1. The number of piperazine rings is 1. The van der Waals surface area contributed by atoms with E-state index in [0.29, 0.717) is 23.6 Å². The van der Waals surface area contributed by atoms with Gasteiger partial charge in [-0.05, 0) is 20.3 Å². The summed E-state index contributed by atoms with van der Waals surface area (Å²) in [5.74, 6) is 0.743. The topological polar surface area (TPSA) is 49.4 Å². The van der Waals surface area contributed by atoms with Crippen LogP contribution in [0.15, 0.2) is 0 Å². The Hall–Kier alpha value is -0.130. The van der Waals surface area contributed by atoms with E-state index >= 15 is 0 Å². The molecule has 0 amide bonds. The molecule has 2 aliphatic heterocycles. The molecule has 2 rings (SSSR count). The molecular weight excluding hydrogens is 212 g/mol. The molecule has 2 saturated heterocycles. The highest BCUT2D eigenvalue weighted by Crippen LogP contribution is 2.21. The zero-order valence-corrected chi connectivity index (χ0v) is 10.3. The van der Waals surface area contributed by atoms with Crippen LogP contribution in [0, 0.1) is 0 Å². The normalized spacial score (nSPS) is 41.9. The van der Waals surface area contributed by atoms with Crippen molar-refractivity contribution in [1.29, 1.82) is 0 Å². The second-order valence-corrected chi connectivity index (χ2v) is 7.14. The van der Waals surface area contributed by atoms with Gasteiger partial charge in [-0.2, -0.15) is 0 Å². The standard InChI is InChI=1S/C10H20N2O2S/c1-8-6-12(9(2)5-11-8)10-3-4-15(13,14)7-10/h8-11H,3-7H2,1-2H3. The first-order valence-electron chi connectivity index (χ1n) is 5.67. The molecule has 0 aromatic carbocycles. The average Bonchev–Trinajstić information content (AvgIpc) is 2.50. The van der Waals surface area contributed by atoms with Crippen molar-refractivity contribution in [1.82, 2.24) is 10.2 Å². The monoisotopic (exact) mass is 232 g/mol. The second kappa shape index (κ2) is 4.03. The maximum absolute atomic E-state index is 11.4. The molecule has 0 saturated carbocycles. The number of hydrogen-bond donors (Lipinski definition) is 1. The van der Waals surface area contributed by atoms with E-state index in [1.807, 2.05) is 0 Å². The Morgan fingerprint density at radius 3 is 2.67 bits per heavy atom. The predicted molar refractivity (Wildman–Crippen MR) is 60.7 cm³/mol. The Labute approximate surface area is 91.9 Å². The summed E-state index contributed by atoms with van der Waals surface area (Å²) in [6, 6.07) is 1.19. The minimum Gasteiger partial charge on any atom is -0.311 e. The van der Waals surface area contributed by atoms with E-state index in [1.54, 1.807) is 0 Å². The van der Waals surface area contributed by atoms with Crippen molar-refractivity contribution in [2.45, 2.75) is 38.4 Å². The minimum atomic E-state index is -2.75. The average molecular weight is 232 g/mol. The quantitative estimate of drug-likeness (QED) is 0.683. The highest BCUT2D eigenvalue weighted by molar-refractivity contribution is 7.91. The van der Waals surface area contributed by atoms with E-state index in [1.165, 1.54) is 0 Å². The summed E-state index contributed by atoms with van der Waals surface area (Å²) in [5, 5.41) is 3.41. The molecule has 2 fully saturated rings. The van der Waals surface area contributed by atoms with Crippen LogP contribution in [0.3, 0.4) is 0 Å². The Morgan fingerprint density at radius 2 is 2.07 bits per heavy atom. The van der Waals surface area contributed by atoms with E-state index < -0.39 is 9.84 Å². The van der Waals surface area contributed by atoms with Gasteiger partial charge in [0.2, 0.25) is 0 Å². The van der Waals surface area contributed by atoms with Gasteiger partial charge >= 0.3 is 0 Å². The first kappa shape index (κ1) is 11.4. The Bertz CT molecular complexity index is 328. The minimum absolute atomic E-state index is 0.259. The van der Waals surface area contributed by atoms with Crippen molar-refractivity contribution in [3.8, 4) is 0 Å². The van der Waals surface area contributed by atoms with Crippen molar-refractivity contribution in [2.75, 3.05) is 24.6 Å². The largest absolute Gasteiger partial charge is 0.311 e. The second-order valence-electron chi connectivity index (χ2n) is 4.91. The summed E-state index contributed by atoms with van der Waals surface area (Å²) in [7, 11) is -2.75. The van der Waals surface area contributed by atoms with Gasteiger partial charge in [0.25, 0.3) is 0 Å². The molecule has 0 aromatic rings. The lowest BCUT2D eigenvalue weighted by molar-refractivity contribution is 0.106. The van der Waals surface area contributed by atoms with Crippen LogP contribution in [-0.2, 0) is 9.84 Å². The molecule has 0 aromatic heterocycles. The van der Waals surface area contributed by atoms with E-state index in [0.717, 1.165) is 19.5 Å². The fourth-order valence-corrected chi connectivity index (χ4v) is 4.34. The van der Waals surface area contributed by atoms with Crippen LogP contribution in [0.5, 0.6) is 0 Å². The lowest BCUT2D eigenvalue weighted by atomic mass is 10.1. The third-order valence-electron chi connectivity index (χ3n) is 3.49. The van der Waals surface area contributed by atoms with Crippen LogP contribution in [0.1, 0.15) is 20.3 Å². The van der Waals surface area contributed by atoms with Crippen LogP contribution in [-0.4, -0.2) is 56.0 Å². The van der Waals surface area contributed by atoms with Crippen molar-refractivity contribution in [2.24, 2.45) is 0 Å². The van der Waals surface area contributed by atoms with E-state index in [2.05, 4.69) is 24.1 Å². The highest BCUT2D eigenvalue weighted by atomic mass is 32.2. The van der Waals surface area contributed by atoms with Crippen LogP contribution >= 0.6 is 0 Å². The fourth-order valence-electron chi connectivity index (χ4n) is 2.60. The van der Waals surface area contributed by atoms with Gasteiger partial charge in [-0.3, -0.25) is 4.90 Å². The molecule has 4 nitrogen and oxygen atoms in total. The van der Waals surface area contributed by atoms with Crippen molar-refractivity contribution in [3.05, 3.63) is 0 Å². The van der Waals surface area contributed by atoms with Gasteiger partial charge in [0, 0.05) is 31.2 Å². The molecule has 2 heterocycles. The first-order chi connectivity index (χ1) is 6.98. The lowest BCUT2D eigenvalue weighted by Gasteiger charge is -2.40. The Kier molecular flexibility index (Phi) is 3.05. The smallest absolute Gasteiger partial charge is 0.151 e. The van der Waals surface area contributed by atoms with Gasteiger partial charge in [-0.1, -0.05) is 0 Å². The summed E-state index contributed by atoms with van der Waals surface area (Å²) >= 11 is 0. The maximum Gasteiger partial charge on any atom is 0.151 e. The van der Waals surface area contributed by atoms with Crippen LogP contribution in [0.4, 0.5) is 0 Å². The lowest BCUT2D eigenvalue weighted by Crippen LogP contribution is -2.57. The molecule has 0 radical (unpaired) electrons. The third-order valence-corrected chi connectivity index (χ3v) is 5.24. The van der Waals surface area contributed by atoms with Gasteiger partial charge in [0.15, 0.2) is 9.84 Å². The maximum atomic E-state index is 11.4. The molecule has 5 heteroatoms. The summed E-state index contributed by atoms with van der Waals surface area (Å²) in [6.45, 7) is 6.27. The van der Waals surface area contributed by atoms with Crippen molar-refractivity contribution >= 4 is 9.84 Å². The van der Waals surface area contributed by atoms with Crippen molar-refractivity contribution in [3.63, 3.8) is 0 Å². The fraction of sp³-hybridized carbons (Fsp3) is 1.00. The summed E-state index contributed by atoms with van der Waals surface area (Å²) < 4.78 is 22.9. The number of nitrogens with one attached hydrogen (secondary N) is 1. The van der Waals surface area contributed by atoms with Crippen molar-refractivity contribution < 1.29 is 8.42 Å². The summed E-state index contributed by atoms with van der Waals surface area (Å²) in [4.78, 5) is 2.37. The number of rotatable bonds is 1. The summed E-state index contributed by atoms with van der Waals surface area (Å²) in [6.07, 6.45) is 0.819. The SMILES string of the molecule is CC1CN(C2CCS(=O)(=O)C2)C(C)CN1. The number of nitrogens with zero attached hydrogens (tertiary/aromatic N) is 1. The van der Waals surface area contributed by atoms with Crippen LogP contribution in [0.2, 0.25) is 0 Å². The number of hydrogen-bond acceptors (Lipinski definition) is 4. The molecule has 3 atom stereocenters. The first-order valence-corrected chi connectivity index (χ1v) is 7.49. The van der Waals surface area contributed by atoms with E-state index in [-0.39, 0.29) is 6.04 Å². The molecule has 0 bridgehead atoms. The zero-order valence-electron chi connectivity index (χ0n) is 9.44. The van der Waals surface area contributed by atoms with Crippen LogP contribution < -0.4 is 5.32 Å². The Morgan fingerprint density at radius 1 is 1.33 bits per heavy atom. The molecule has 2 aliphatic rings. The van der Waals surface area contributed by atoms with Gasteiger partial charge < -0.3 is 5.32 Å². The van der Waals surface area contributed by atoms with Gasteiger partial charge in [0.1, 0.15) is 0 Å². The van der Waals surface area contributed by atoms with E-state index in [4.69, 9.17) is 0 Å². The molecule has 0 spiro atoms. The van der Waals surface area contributed by atoms with E-state index in [9.17, 15) is 8.42 Å². The zero-order chi connectivity index (χ0) is 11.1. The summed E-state index contributed by atoms with van der Waals surface area (Å²) in [5.41, 5.74) is 0. The third kappa shape index (κ3) is 2.52. The molecule has 1 N–H and O–H groups in total. The molecular formula is C10H20N2O2S.